The van der Waals surface area contributed by atoms with Gasteiger partial charge < -0.3 is 13.3 Å². The van der Waals surface area contributed by atoms with E-state index in [1.54, 1.807) is 0 Å². The van der Waals surface area contributed by atoms with Crippen LogP contribution in [-0.4, -0.2) is 32.1 Å². The van der Waals surface area contributed by atoms with Crippen molar-refractivity contribution in [1.29, 1.82) is 0 Å². The van der Waals surface area contributed by atoms with E-state index in [4.69, 9.17) is 0 Å². The van der Waals surface area contributed by atoms with Crippen LogP contribution in [0.2, 0.25) is 0 Å². The van der Waals surface area contributed by atoms with Gasteiger partial charge in [-0.25, -0.2) is 0 Å². The second kappa shape index (κ2) is 6.14. The van der Waals surface area contributed by atoms with Crippen molar-refractivity contribution in [1.82, 2.24) is 0 Å². The van der Waals surface area contributed by atoms with E-state index in [1.165, 1.54) is 6.92 Å². The molecule has 17 heavy (non-hydrogen) atoms. The number of carbonyl (C=O) groups excluding carboxylic acids is 4. The molecule has 0 radical (unpaired) electrons. The molecule has 0 unspecified atom stereocenters. The lowest BCUT2D eigenvalue weighted by molar-refractivity contribution is -0.151. The first-order valence-electron chi connectivity index (χ1n) is 4.85. The van der Waals surface area contributed by atoms with Crippen LogP contribution in [0.15, 0.2) is 0 Å². The van der Waals surface area contributed by atoms with Crippen LogP contribution in [0.1, 0.15) is 34.1 Å². The molecule has 0 aromatic carbocycles. The van der Waals surface area contributed by atoms with E-state index in [1.807, 2.05) is 0 Å². The average Bonchev–Trinajstić information content (AvgIpc) is 2.12. The number of rotatable bonds is 5. The lowest BCUT2D eigenvalue weighted by Crippen LogP contribution is -2.56. The standard InChI is InChI=1S/C9H14O7Si/c1-5-9(13)17(14-6(2)10,15-7(3)11)16-8(4)12/h5H2,1-4H3. The molecule has 8 heteroatoms. The highest BCUT2D eigenvalue weighted by Crippen LogP contribution is 2.14. The van der Waals surface area contributed by atoms with Crippen LogP contribution < -0.4 is 0 Å². The van der Waals surface area contributed by atoms with Gasteiger partial charge in [-0.2, -0.15) is 0 Å². The van der Waals surface area contributed by atoms with Crippen molar-refractivity contribution < 1.29 is 32.5 Å². The monoisotopic (exact) mass is 262 g/mol. The molecule has 0 saturated heterocycles. The molecule has 0 atom stereocenters. The molecule has 0 aromatic rings. The zero-order valence-corrected chi connectivity index (χ0v) is 11.1. The Morgan fingerprint density at radius 3 is 1.29 bits per heavy atom. The number of hydrogen-bond donors (Lipinski definition) is 0. The highest BCUT2D eigenvalue weighted by atomic mass is 28.4. The van der Waals surface area contributed by atoms with Crippen LogP contribution in [0.5, 0.6) is 0 Å². The minimum absolute atomic E-state index is 0.0833. The predicted molar refractivity (Wildman–Crippen MR) is 56.4 cm³/mol. The fraction of sp³-hybridized carbons (Fsp3) is 0.556. The summed E-state index contributed by atoms with van der Waals surface area (Å²) in [5.74, 6) is -2.58. The van der Waals surface area contributed by atoms with Gasteiger partial charge >= 0.3 is 8.80 Å². The Labute approximate surface area is 99.4 Å². The third-order valence-electron chi connectivity index (χ3n) is 1.50. The first-order valence-corrected chi connectivity index (χ1v) is 6.58. The summed E-state index contributed by atoms with van der Waals surface area (Å²) in [6.07, 6.45) is -0.0833. The highest BCUT2D eigenvalue weighted by molar-refractivity contribution is 6.94. The second-order valence-corrected chi connectivity index (χ2v) is 5.40. The van der Waals surface area contributed by atoms with Crippen LogP contribution in [0.4, 0.5) is 0 Å². The van der Waals surface area contributed by atoms with Gasteiger partial charge in [0.2, 0.25) is 5.41 Å². The quantitative estimate of drug-likeness (QED) is 0.650. The third-order valence-corrected chi connectivity index (χ3v) is 4.20. The van der Waals surface area contributed by atoms with Gasteiger partial charge in [0.1, 0.15) is 0 Å². The molecule has 96 valence electrons. The Bertz CT molecular complexity index is 308. The van der Waals surface area contributed by atoms with E-state index in [9.17, 15) is 19.2 Å². The van der Waals surface area contributed by atoms with Gasteiger partial charge in [-0.05, 0) is 0 Å². The van der Waals surface area contributed by atoms with Crippen molar-refractivity contribution >= 4 is 32.1 Å². The van der Waals surface area contributed by atoms with E-state index < -0.39 is 32.1 Å². The molecule has 0 aliphatic rings. The Balaban J connectivity index is 5.33. The average molecular weight is 262 g/mol. The fourth-order valence-electron chi connectivity index (χ4n) is 1.02. The minimum atomic E-state index is -4.28. The van der Waals surface area contributed by atoms with Gasteiger partial charge in [-0.1, -0.05) is 6.92 Å². The van der Waals surface area contributed by atoms with Crippen molar-refractivity contribution in [2.24, 2.45) is 0 Å². The first-order chi connectivity index (χ1) is 7.73. The second-order valence-electron chi connectivity index (χ2n) is 3.11. The van der Waals surface area contributed by atoms with Crippen LogP contribution in [0.25, 0.3) is 0 Å². The molecule has 0 saturated carbocycles. The van der Waals surface area contributed by atoms with E-state index in [-0.39, 0.29) is 6.42 Å². The predicted octanol–water partition coefficient (Wildman–Crippen LogP) is 0.133. The maximum Gasteiger partial charge on any atom is 0.780 e. The first kappa shape index (κ1) is 15.3. The van der Waals surface area contributed by atoms with Gasteiger partial charge in [-0.15, -0.1) is 0 Å². The summed E-state index contributed by atoms with van der Waals surface area (Å²) in [6, 6.07) is 0. The molecule has 0 heterocycles. The zero-order chi connectivity index (χ0) is 13.6. The number of carbonyl (C=O) groups is 4. The van der Waals surface area contributed by atoms with Crippen molar-refractivity contribution in [3.05, 3.63) is 0 Å². The lowest BCUT2D eigenvalue weighted by atomic mass is 10.6. The number of hydrogen-bond acceptors (Lipinski definition) is 7. The van der Waals surface area contributed by atoms with Crippen LogP contribution >= 0.6 is 0 Å². The Kier molecular flexibility index (Phi) is 5.52. The molecule has 0 rings (SSSR count). The molecule has 0 aliphatic carbocycles. The summed E-state index contributed by atoms with van der Waals surface area (Å²) < 4.78 is 14.0. The minimum Gasteiger partial charge on any atom is -0.450 e. The van der Waals surface area contributed by atoms with E-state index in [2.05, 4.69) is 13.3 Å². The van der Waals surface area contributed by atoms with Crippen molar-refractivity contribution in [3.8, 4) is 0 Å². The summed E-state index contributed by atoms with van der Waals surface area (Å²) >= 11 is 0. The molecule has 0 N–H and O–H groups in total. The van der Waals surface area contributed by atoms with Gasteiger partial charge in [0, 0.05) is 27.2 Å². The van der Waals surface area contributed by atoms with Crippen LogP contribution in [0, 0.1) is 0 Å². The summed E-state index contributed by atoms with van der Waals surface area (Å²) in [7, 11) is -4.28. The Hall–Kier alpha value is -1.70. The SMILES string of the molecule is CCC(=O)[Si](OC(C)=O)(OC(C)=O)OC(C)=O. The maximum absolute atomic E-state index is 11.7. The van der Waals surface area contributed by atoms with Gasteiger partial charge in [-0.3, -0.25) is 19.2 Å². The molecule has 0 aliphatic heterocycles. The van der Waals surface area contributed by atoms with E-state index >= 15 is 0 Å². The topological polar surface area (TPSA) is 96.0 Å². The molecule has 0 amide bonds. The molecule has 7 nitrogen and oxygen atoms in total. The summed E-state index contributed by atoms with van der Waals surface area (Å²) in [5.41, 5.74) is 0. The fourth-order valence-corrected chi connectivity index (χ4v) is 3.05. The normalized spacial score (nSPS) is 10.4. The van der Waals surface area contributed by atoms with Gasteiger partial charge in [0.25, 0.3) is 17.9 Å². The Morgan fingerprint density at radius 1 is 0.824 bits per heavy atom. The molecular weight excluding hydrogens is 248 g/mol. The molecular formula is C9H14O7Si. The molecule has 0 bridgehead atoms. The summed E-state index contributed by atoms with van der Waals surface area (Å²) in [5, 5.41) is -0.710. The molecule has 0 fully saturated rings. The molecule has 0 aromatic heterocycles. The third kappa shape index (κ3) is 4.77. The van der Waals surface area contributed by atoms with Gasteiger partial charge in [0.05, 0.1) is 0 Å². The van der Waals surface area contributed by atoms with E-state index in [0.717, 1.165) is 20.8 Å². The smallest absolute Gasteiger partial charge is 0.450 e. The van der Waals surface area contributed by atoms with E-state index in [0.29, 0.717) is 0 Å². The summed E-state index contributed by atoms with van der Waals surface area (Å²) in [4.78, 5) is 44.4. The van der Waals surface area contributed by atoms with Crippen LogP contribution in [0.3, 0.4) is 0 Å². The Morgan fingerprint density at radius 2 is 1.12 bits per heavy atom. The highest BCUT2D eigenvalue weighted by Gasteiger charge is 2.59. The lowest BCUT2D eigenvalue weighted by Gasteiger charge is -2.23. The zero-order valence-electron chi connectivity index (χ0n) is 10.1. The van der Waals surface area contributed by atoms with Crippen LogP contribution in [-0.2, 0) is 32.5 Å². The summed E-state index contributed by atoms with van der Waals surface area (Å²) in [6.45, 7) is 4.55. The molecule has 0 spiro atoms. The maximum atomic E-state index is 11.7. The largest absolute Gasteiger partial charge is 0.780 e. The van der Waals surface area contributed by atoms with Gasteiger partial charge in [0.15, 0.2) is 0 Å². The van der Waals surface area contributed by atoms with Crippen molar-refractivity contribution in [2.75, 3.05) is 0 Å². The van der Waals surface area contributed by atoms with Crippen molar-refractivity contribution in [3.63, 3.8) is 0 Å². The van der Waals surface area contributed by atoms with Crippen molar-refractivity contribution in [2.45, 2.75) is 34.1 Å².